The maximum absolute atomic E-state index is 14.1. The predicted octanol–water partition coefficient (Wildman–Crippen LogP) is 1.80. The lowest BCUT2D eigenvalue weighted by molar-refractivity contribution is 0.0740. The van der Waals surface area contributed by atoms with Crippen molar-refractivity contribution in [3.05, 3.63) is 24.2 Å². The van der Waals surface area contributed by atoms with Crippen molar-refractivity contribution in [2.24, 2.45) is 5.41 Å². The highest BCUT2D eigenvalue weighted by Crippen LogP contribution is 2.39. The van der Waals surface area contributed by atoms with Crippen LogP contribution in [0, 0.1) is 5.41 Å². The van der Waals surface area contributed by atoms with Gasteiger partial charge in [0.05, 0.1) is 12.8 Å². The van der Waals surface area contributed by atoms with Crippen LogP contribution in [-0.2, 0) is 6.54 Å². The number of furan rings is 1. The standard InChI is InChI=1S/C13H19FN2O/c14-12-3-5-15-9-13(12)4-6-16(10-13)8-11-2-1-7-17-11/h1-2,7,12,15H,3-6,8-10H2/t12-,13-/m1/s1. The summed E-state index contributed by atoms with van der Waals surface area (Å²) in [7, 11) is 0. The molecule has 0 bridgehead atoms. The smallest absolute Gasteiger partial charge is 0.117 e. The number of alkyl halides is 1. The molecule has 0 aromatic carbocycles. The van der Waals surface area contributed by atoms with Gasteiger partial charge in [-0.05, 0) is 38.1 Å². The molecule has 2 aliphatic heterocycles. The van der Waals surface area contributed by atoms with Gasteiger partial charge < -0.3 is 9.73 Å². The molecule has 3 rings (SSSR count). The Morgan fingerprint density at radius 1 is 1.59 bits per heavy atom. The van der Waals surface area contributed by atoms with Crippen molar-refractivity contribution < 1.29 is 8.81 Å². The summed E-state index contributed by atoms with van der Waals surface area (Å²) < 4.78 is 19.5. The number of rotatable bonds is 2. The Bertz CT molecular complexity index is 368. The van der Waals surface area contributed by atoms with Crippen molar-refractivity contribution in [2.75, 3.05) is 26.2 Å². The van der Waals surface area contributed by atoms with Gasteiger partial charge in [0.25, 0.3) is 0 Å². The zero-order valence-corrected chi connectivity index (χ0v) is 9.99. The molecule has 0 saturated carbocycles. The summed E-state index contributed by atoms with van der Waals surface area (Å²) in [6, 6.07) is 3.89. The molecule has 2 atom stereocenters. The Balaban J connectivity index is 1.64. The van der Waals surface area contributed by atoms with Gasteiger partial charge >= 0.3 is 0 Å². The molecule has 2 aliphatic rings. The van der Waals surface area contributed by atoms with Gasteiger partial charge in [-0.2, -0.15) is 0 Å². The Morgan fingerprint density at radius 2 is 2.53 bits per heavy atom. The van der Waals surface area contributed by atoms with Crippen LogP contribution in [0.25, 0.3) is 0 Å². The fourth-order valence-corrected chi connectivity index (χ4v) is 3.13. The largest absolute Gasteiger partial charge is 0.468 e. The molecule has 17 heavy (non-hydrogen) atoms. The fourth-order valence-electron chi connectivity index (χ4n) is 3.13. The normalized spacial score (nSPS) is 34.5. The minimum Gasteiger partial charge on any atom is -0.468 e. The number of likely N-dealkylation sites (tertiary alicyclic amines) is 1. The van der Waals surface area contributed by atoms with Gasteiger partial charge in [-0.25, -0.2) is 4.39 Å². The number of nitrogens with zero attached hydrogens (tertiary/aromatic N) is 1. The van der Waals surface area contributed by atoms with Crippen LogP contribution in [-0.4, -0.2) is 37.3 Å². The van der Waals surface area contributed by atoms with Gasteiger partial charge in [0.1, 0.15) is 11.9 Å². The van der Waals surface area contributed by atoms with E-state index in [0.29, 0.717) is 6.42 Å². The second-order valence-electron chi connectivity index (χ2n) is 5.34. The molecule has 0 radical (unpaired) electrons. The van der Waals surface area contributed by atoms with E-state index in [0.717, 1.165) is 44.9 Å². The molecule has 3 nitrogen and oxygen atoms in total. The van der Waals surface area contributed by atoms with E-state index in [1.165, 1.54) is 0 Å². The van der Waals surface area contributed by atoms with E-state index in [-0.39, 0.29) is 5.41 Å². The lowest BCUT2D eigenvalue weighted by atomic mass is 9.78. The monoisotopic (exact) mass is 238 g/mol. The Hall–Kier alpha value is -0.870. The molecule has 4 heteroatoms. The van der Waals surface area contributed by atoms with Gasteiger partial charge in [0.2, 0.25) is 0 Å². The number of piperidine rings is 1. The zero-order valence-electron chi connectivity index (χ0n) is 9.99. The molecule has 3 heterocycles. The van der Waals surface area contributed by atoms with Crippen LogP contribution in [0.15, 0.2) is 22.8 Å². The first kappa shape index (κ1) is 11.2. The van der Waals surface area contributed by atoms with Crippen molar-refractivity contribution in [1.29, 1.82) is 0 Å². The molecule has 94 valence electrons. The van der Waals surface area contributed by atoms with E-state index in [2.05, 4.69) is 10.2 Å². The van der Waals surface area contributed by atoms with Gasteiger partial charge in [0.15, 0.2) is 0 Å². The highest BCUT2D eigenvalue weighted by molar-refractivity contribution is 5.03. The van der Waals surface area contributed by atoms with Crippen molar-refractivity contribution in [3.8, 4) is 0 Å². The minimum atomic E-state index is -0.648. The maximum Gasteiger partial charge on any atom is 0.117 e. The van der Waals surface area contributed by atoms with Crippen LogP contribution in [0.3, 0.4) is 0 Å². The maximum atomic E-state index is 14.1. The second-order valence-corrected chi connectivity index (χ2v) is 5.34. The number of hydrogen-bond acceptors (Lipinski definition) is 3. The topological polar surface area (TPSA) is 28.4 Å². The molecule has 2 fully saturated rings. The number of hydrogen-bond donors (Lipinski definition) is 1. The summed E-state index contributed by atoms with van der Waals surface area (Å²) >= 11 is 0. The molecule has 0 amide bonds. The van der Waals surface area contributed by atoms with Crippen LogP contribution in [0.5, 0.6) is 0 Å². The molecule has 1 N–H and O–H groups in total. The molecular formula is C13H19FN2O. The third-order valence-corrected chi connectivity index (χ3v) is 4.14. The van der Waals surface area contributed by atoms with Crippen LogP contribution < -0.4 is 5.32 Å². The van der Waals surface area contributed by atoms with Crippen molar-refractivity contribution in [3.63, 3.8) is 0 Å². The minimum absolute atomic E-state index is 0.148. The van der Waals surface area contributed by atoms with Gasteiger partial charge in [-0.3, -0.25) is 4.90 Å². The van der Waals surface area contributed by atoms with E-state index < -0.39 is 6.17 Å². The van der Waals surface area contributed by atoms with Crippen molar-refractivity contribution >= 4 is 0 Å². The Morgan fingerprint density at radius 3 is 3.29 bits per heavy atom. The molecule has 2 saturated heterocycles. The van der Waals surface area contributed by atoms with Crippen LogP contribution in [0.4, 0.5) is 4.39 Å². The summed E-state index contributed by atoms with van der Waals surface area (Å²) in [6.07, 6.45) is 2.67. The zero-order chi connectivity index (χ0) is 11.7. The number of nitrogens with one attached hydrogen (secondary N) is 1. The SMILES string of the molecule is F[C@@H]1CCNC[C@@]12CCN(Cc1ccco1)C2. The highest BCUT2D eigenvalue weighted by atomic mass is 19.1. The lowest BCUT2D eigenvalue weighted by Crippen LogP contribution is -2.49. The first-order valence-electron chi connectivity index (χ1n) is 6.38. The average Bonchev–Trinajstić information content (AvgIpc) is 2.95. The summed E-state index contributed by atoms with van der Waals surface area (Å²) in [5, 5.41) is 3.34. The molecule has 0 aliphatic carbocycles. The van der Waals surface area contributed by atoms with Crippen LogP contribution >= 0.6 is 0 Å². The Labute approximate surface area is 101 Å². The third-order valence-electron chi connectivity index (χ3n) is 4.14. The van der Waals surface area contributed by atoms with Crippen LogP contribution in [0.2, 0.25) is 0 Å². The third kappa shape index (κ3) is 2.11. The quantitative estimate of drug-likeness (QED) is 0.851. The molecule has 1 spiro atoms. The van der Waals surface area contributed by atoms with E-state index in [1.54, 1.807) is 6.26 Å². The van der Waals surface area contributed by atoms with E-state index in [9.17, 15) is 4.39 Å². The summed E-state index contributed by atoms with van der Waals surface area (Å²) in [5.74, 6) is 0.973. The summed E-state index contributed by atoms with van der Waals surface area (Å²) in [5.41, 5.74) is -0.148. The van der Waals surface area contributed by atoms with E-state index >= 15 is 0 Å². The molecule has 1 aromatic rings. The summed E-state index contributed by atoms with van der Waals surface area (Å²) in [6.45, 7) is 4.27. The lowest BCUT2D eigenvalue weighted by Gasteiger charge is -2.37. The van der Waals surface area contributed by atoms with Crippen molar-refractivity contribution in [1.82, 2.24) is 10.2 Å². The summed E-state index contributed by atoms with van der Waals surface area (Å²) in [4.78, 5) is 2.30. The fraction of sp³-hybridized carbons (Fsp3) is 0.692. The molecule has 1 aromatic heterocycles. The Kier molecular flexibility index (Phi) is 2.92. The predicted molar refractivity (Wildman–Crippen MR) is 63.4 cm³/mol. The highest BCUT2D eigenvalue weighted by Gasteiger charge is 2.46. The van der Waals surface area contributed by atoms with Crippen molar-refractivity contribution in [2.45, 2.75) is 25.6 Å². The van der Waals surface area contributed by atoms with Gasteiger partial charge in [-0.1, -0.05) is 0 Å². The first-order chi connectivity index (χ1) is 8.28. The van der Waals surface area contributed by atoms with Gasteiger partial charge in [0, 0.05) is 18.5 Å². The average molecular weight is 238 g/mol. The second kappa shape index (κ2) is 4.42. The van der Waals surface area contributed by atoms with Gasteiger partial charge in [-0.15, -0.1) is 0 Å². The van der Waals surface area contributed by atoms with Crippen LogP contribution in [0.1, 0.15) is 18.6 Å². The molecule has 0 unspecified atom stereocenters. The van der Waals surface area contributed by atoms with E-state index in [4.69, 9.17) is 4.42 Å². The number of halogens is 1. The molecular weight excluding hydrogens is 219 g/mol. The first-order valence-corrected chi connectivity index (χ1v) is 6.38. The van der Waals surface area contributed by atoms with E-state index in [1.807, 2.05) is 12.1 Å².